The highest BCUT2D eigenvalue weighted by Gasteiger charge is 2.32. The van der Waals surface area contributed by atoms with Crippen LogP contribution < -0.4 is 10.2 Å². The van der Waals surface area contributed by atoms with Crippen LogP contribution >= 0.6 is 0 Å². The third-order valence-electron chi connectivity index (χ3n) is 6.65. The summed E-state index contributed by atoms with van der Waals surface area (Å²) in [5, 5.41) is 2.91. The lowest BCUT2D eigenvalue weighted by molar-refractivity contribution is -0.143. The second-order valence-electron chi connectivity index (χ2n) is 10.5. The van der Waals surface area contributed by atoms with Gasteiger partial charge in [0.2, 0.25) is 11.8 Å². The first kappa shape index (κ1) is 29.3. The number of nitrogens with one attached hydrogen (secondary N) is 1. The normalized spacial score (nSPS) is 17.4. The molecule has 8 heteroatoms. The Labute approximate surface area is 216 Å². The van der Waals surface area contributed by atoms with Crippen LogP contribution in [0.3, 0.4) is 0 Å². The summed E-state index contributed by atoms with van der Waals surface area (Å²) < 4.78 is 0. The van der Waals surface area contributed by atoms with E-state index in [9.17, 15) is 19.2 Å². The van der Waals surface area contributed by atoms with Crippen LogP contribution in [0, 0.1) is 5.92 Å². The molecule has 200 valence electrons. The van der Waals surface area contributed by atoms with E-state index in [2.05, 4.69) is 12.2 Å². The van der Waals surface area contributed by atoms with Gasteiger partial charge in [0, 0.05) is 44.4 Å². The molecule has 1 heterocycles. The van der Waals surface area contributed by atoms with Gasteiger partial charge in [0.15, 0.2) is 5.78 Å². The molecule has 1 aromatic rings. The first-order valence-corrected chi connectivity index (χ1v) is 13.2. The molecule has 1 fully saturated rings. The van der Waals surface area contributed by atoms with Crippen molar-refractivity contribution in [3.05, 3.63) is 29.8 Å². The van der Waals surface area contributed by atoms with Gasteiger partial charge in [-0.15, -0.1) is 0 Å². The summed E-state index contributed by atoms with van der Waals surface area (Å²) in [4.78, 5) is 57.2. The third kappa shape index (κ3) is 8.64. The molecule has 1 aliphatic heterocycles. The molecule has 1 aromatic carbocycles. The summed E-state index contributed by atoms with van der Waals surface area (Å²) in [5.74, 6) is -0.530. The van der Waals surface area contributed by atoms with Crippen molar-refractivity contribution in [2.45, 2.75) is 78.3 Å². The summed E-state index contributed by atoms with van der Waals surface area (Å²) in [6.45, 7) is 8.37. The number of carbonyl (C=O) groups is 4. The molecule has 2 rings (SSSR count). The molecule has 0 spiro atoms. The van der Waals surface area contributed by atoms with Crippen molar-refractivity contribution in [1.29, 1.82) is 0 Å². The Hall–Kier alpha value is -2.90. The van der Waals surface area contributed by atoms with Gasteiger partial charge < -0.3 is 20.0 Å². The van der Waals surface area contributed by atoms with E-state index in [4.69, 9.17) is 0 Å². The van der Waals surface area contributed by atoms with E-state index in [0.29, 0.717) is 31.4 Å². The first-order valence-electron chi connectivity index (χ1n) is 13.2. The number of amides is 3. The number of ketones is 1. The number of benzene rings is 1. The number of anilines is 1. The van der Waals surface area contributed by atoms with E-state index < -0.39 is 6.04 Å². The maximum atomic E-state index is 13.5. The quantitative estimate of drug-likeness (QED) is 0.497. The number of rotatable bonds is 10. The minimum absolute atomic E-state index is 0.00862. The Balaban J connectivity index is 2.09. The molecule has 3 amide bonds. The third-order valence-corrected chi connectivity index (χ3v) is 6.65. The van der Waals surface area contributed by atoms with Gasteiger partial charge >= 0.3 is 0 Å². The van der Waals surface area contributed by atoms with Crippen LogP contribution in [-0.4, -0.2) is 79.1 Å². The minimum atomic E-state index is -0.722. The van der Waals surface area contributed by atoms with Crippen molar-refractivity contribution in [3.8, 4) is 0 Å². The van der Waals surface area contributed by atoms with Crippen molar-refractivity contribution < 1.29 is 19.2 Å². The van der Waals surface area contributed by atoms with Crippen LogP contribution in [0.15, 0.2) is 24.3 Å². The molecule has 8 nitrogen and oxygen atoms in total. The number of unbranched alkanes of at least 4 members (excludes halogenated alkanes) is 2. The predicted molar refractivity (Wildman–Crippen MR) is 143 cm³/mol. The molecule has 2 atom stereocenters. The maximum absolute atomic E-state index is 13.5. The SMILES string of the molecule is CCCCCC(=O)N1CC(=O)CN(C(=O)[C@H](CC(C)C)NC(=O)c2ccc(N(C)C)cc2)CC[C@@H]1C. The highest BCUT2D eigenvalue weighted by atomic mass is 16.2. The van der Waals surface area contributed by atoms with Gasteiger partial charge in [-0.1, -0.05) is 33.6 Å². The number of hydrogen-bond acceptors (Lipinski definition) is 5. The molecule has 1 saturated heterocycles. The molecule has 0 aliphatic carbocycles. The zero-order chi connectivity index (χ0) is 26.8. The van der Waals surface area contributed by atoms with Crippen LogP contribution in [0.1, 0.15) is 76.6 Å². The smallest absolute Gasteiger partial charge is 0.251 e. The topological polar surface area (TPSA) is 90.0 Å². The van der Waals surface area contributed by atoms with Crippen molar-refractivity contribution in [2.24, 2.45) is 5.92 Å². The second kappa shape index (κ2) is 14.0. The van der Waals surface area contributed by atoms with Crippen molar-refractivity contribution in [2.75, 3.05) is 38.6 Å². The standard InChI is InChI=1S/C28H44N4O4/c1-7-8-9-10-26(34)32-19-24(33)18-31(16-15-21(32)4)28(36)25(17-20(2)3)29-27(35)22-11-13-23(14-12-22)30(5)6/h11-14,20-21,25H,7-10,15-19H2,1-6H3,(H,29,35)/t21-,25-/m0/s1. The minimum Gasteiger partial charge on any atom is -0.378 e. The molecular formula is C28H44N4O4. The van der Waals surface area contributed by atoms with Gasteiger partial charge in [0.25, 0.3) is 5.91 Å². The molecular weight excluding hydrogens is 456 g/mol. The molecule has 0 unspecified atom stereocenters. The largest absolute Gasteiger partial charge is 0.378 e. The lowest BCUT2D eigenvalue weighted by Crippen LogP contribution is -2.54. The fraction of sp³-hybridized carbons (Fsp3) is 0.643. The van der Waals surface area contributed by atoms with E-state index in [-0.39, 0.29) is 48.6 Å². The van der Waals surface area contributed by atoms with Crippen LogP contribution in [0.25, 0.3) is 0 Å². The van der Waals surface area contributed by atoms with E-state index >= 15 is 0 Å². The Morgan fingerprint density at radius 1 is 1.08 bits per heavy atom. The van der Waals surface area contributed by atoms with Gasteiger partial charge in [-0.05, 0) is 56.4 Å². The number of nitrogens with zero attached hydrogens (tertiary/aromatic N) is 3. The van der Waals surface area contributed by atoms with Crippen molar-refractivity contribution in [3.63, 3.8) is 0 Å². The van der Waals surface area contributed by atoms with Crippen molar-refractivity contribution >= 4 is 29.2 Å². The maximum Gasteiger partial charge on any atom is 0.251 e. The number of carbonyl (C=O) groups excluding carboxylic acids is 4. The fourth-order valence-corrected chi connectivity index (χ4v) is 4.44. The summed E-state index contributed by atoms with van der Waals surface area (Å²) >= 11 is 0. The highest BCUT2D eigenvalue weighted by molar-refractivity contribution is 5.98. The molecule has 1 N–H and O–H groups in total. The lowest BCUT2D eigenvalue weighted by atomic mass is 10.0. The Morgan fingerprint density at radius 3 is 2.33 bits per heavy atom. The predicted octanol–water partition coefficient (Wildman–Crippen LogP) is 3.50. The summed E-state index contributed by atoms with van der Waals surface area (Å²) in [6.07, 6.45) is 4.37. The van der Waals surface area contributed by atoms with Crippen LogP contribution in [0.4, 0.5) is 5.69 Å². The molecule has 36 heavy (non-hydrogen) atoms. The molecule has 0 bridgehead atoms. The molecule has 0 saturated carbocycles. The summed E-state index contributed by atoms with van der Waals surface area (Å²) in [5.41, 5.74) is 1.46. The van der Waals surface area contributed by atoms with Gasteiger partial charge in [-0.25, -0.2) is 0 Å². The van der Waals surface area contributed by atoms with E-state index in [1.165, 1.54) is 0 Å². The summed E-state index contributed by atoms with van der Waals surface area (Å²) in [6, 6.07) is 6.36. The van der Waals surface area contributed by atoms with Crippen LogP contribution in [0.2, 0.25) is 0 Å². The fourth-order valence-electron chi connectivity index (χ4n) is 4.44. The molecule has 0 aromatic heterocycles. The number of hydrogen-bond donors (Lipinski definition) is 1. The van der Waals surface area contributed by atoms with E-state index in [1.807, 2.05) is 51.9 Å². The zero-order valence-corrected chi connectivity index (χ0v) is 22.9. The van der Waals surface area contributed by atoms with Gasteiger partial charge in [0.1, 0.15) is 6.04 Å². The van der Waals surface area contributed by atoms with Gasteiger partial charge in [-0.2, -0.15) is 0 Å². The highest BCUT2D eigenvalue weighted by Crippen LogP contribution is 2.17. The van der Waals surface area contributed by atoms with Crippen LogP contribution in [0.5, 0.6) is 0 Å². The summed E-state index contributed by atoms with van der Waals surface area (Å²) in [7, 11) is 3.86. The lowest BCUT2D eigenvalue weighted by Gasteiger charge is -2.36. The molecule has 0 radical (unpaired) electrons. The van der Waals surface area contributed by atoms with Gasteiger partial charge in [-0.3, -0.25) is 19.2 Å². The molecule has 1 aliphatic rings. The van der Waals surface area contributed by atoms with Crippen LogP contribution in [-0.2, 0) is 14.4 Å². The van der Waals surface area contributed by atoms with Crippen molar-refractivity contribution in [1.82, 2.24) is 15.1 Å². The second-order valence-corrected chi connectivity index (χ2v) is 10.5. The Bertz CT molecular complexity index is 897. The van der Waals surface area contributed by atoms with E-state index in [0.717, 1.165) is 24.9 Å². The zero-order valence-electron chi connectivity index (χ0n) is 22.9. The monoisotopic (exact) mass is 500 g/mol. The number of Topliss-reactive ketones (excluding diaryl/α,β-unsaturated/α-hetero) is 1. The van der Waals surface area contributed by atoms with E-state index in [1.54, 1.807) is 21.9 Å². The average Bonchev–Trinajstić information content (AvgIpc) is 2.82. The Kier molecular flexibility index (Phi) is 11.4. The Morgan fingerprint density at radius 2 is 1.75 bits per heavy atom. The average molecular weight is 501 g/mol. The van der Waals surface area contributed by atoms with Gasteiger partial charge in [0.05, 0.1) is 13.1 Å². The first-order chi connectivity index (χ1) is 17.0.